The molecule has 0 radical (unpaired) electrons. The summed E-state index contributed by atoms with van der Waals surface area (Å²) >= 11 is 1.68. The minimum absolute atomic E-state index is 0.0508. The second-order valence-corrected chi connectivity index (χ2v) is 9.78. The predicted molar refractivity (Wildman–Crippen MR) is 97.5 cm³/mol. The average Bonchev–Trinajstić information content (AvgIpc) is 3.37. The SMILES string of the molecule is O=S1(=O)c2ccc(-c3cccs3)cc2[C@@H]2CN(Cc3ccco3)C[C@H]21. The van der Waals surface area contributed by atoms with Gasteiger partial charge in [0.05, 0.1) is 23.0 Å². The Morgan fingerprint density at radius 1 is 1.16 bits per heavy atom. The smallest absolute Gasteiger partial charge is 0.183 e. The van der Waals surface area contributed by atoms with Crippen LogP contribution >= 0.6 is 11.3 Å². The fourth-order valence-corrected chi connectivity index (χ4v) is 6.99. The zero-order valence-corrected chi connectivity index (χ0v) is 15.1. The van der Waals surface area contributed by atoms with Crippen LogP contribution in [0.25, 0.3) is 10.4 Å². The molecule has 1 saturated heterocycles. The molecule has 6 heteroatoms. The van der Waals surface area contributed by atoms with E-state index in [0.717, 1.165) is 23.4 Å². The number of sulfone groups is 1. The van der Waals surface area contributed by atoms with Crippen molar-refractivity contribution >= 4 is 21.2 Å². The first-order chi connectivity index (χ1) is 12.1. The minimum Gasteiger partial charge on any atom is -0.468 e. The molecule has 1 aromatic carbocycles. The molecule has 25 heavy (non-hydrogen) atoms. The molecule has 2 aromatic heterocycles. The van der Waals surface area contributed by atoms with Gasteiger partial charge in [-0.25, -0.2) is 8.42 Å². The number of thiophene rings is 1. The lowest BCUT2D eigenvalue weighted by Crippen LogP contribution is -2.25. The Bertz CT molecular complexity index is 1010. The summed E-state index contributed by atoms with van der Waals surface area (Å²) in [5, 5.41) is 1.71. The zero-order chi connectivity index (χ0) is 17.0. The van der Waals surface area contributed by atoms with Crippen LogP contribution in [0.4, 0.5) is 0 Å². The number of furan rings is 1. The number of hydrogen-bond acceptors (Lipinski definition) is 5. The highest BCUT2D eigenvalue weighted by molar-refractivity contribution is 7.92. The molecule has 0 saturated carbocycles. The van der Waals surface area contributed by atoms with Crippen molar-refractivity contribution in [3.05, 3.63) is 65.4 Å². The molecule has 0 amide bonds. The largest absolute Gasteiger partial charge is 0.468 e. The number of hydrogen-bond donors (Lipinski definition) is 0. The molecule has 2 atom stereocenters. The quantitative estimate of drug-likeness (QED) is 0.703. The summed E-state index contributed by atoms with van der Waals surface area (Å²) < 4.78 is 31.3. The standard InChI is InChI=1S/C19H17NO3S2/c21-25(22)18-6-5-13(17-4-2-8-24-17)9-15(18)16-11-20(12-19(16)25)10-14-3-1-7-23-14/h1-9,16,19H,10-12H2/t16-,19+/m0/s1. The number of rotatable bonds is 3. The van der Waals surface area contributed by atoms with Crippen LogP contribution in [0, 0.1) is 0 Å². The summed E-state index contributed by atoms with van der Waals surface area (Å²) in [6.45, 7) is 1.98. The monoisotopic (exact) mass is 371 g/mol. The first kappa shape index (κ1) is 15.4. The van der Waals surface area contributed by atoms with E-state index in [9.17, 15) is 8.42 Å². The van der Waals surface area contributed by atoms with Crippen LogP contribution in [-0.2, 0) is 16.4 Å². The lowest BCUT2D eigenvalue weighted by atomic mass is 9.96. The van der Waals surface area contributed by atoms with Gasteiger partial charge in [-0.1, -0.05) is 12.1 Å². The molecular formula is C19H17NO3S2. The van der Waals surface area contributed by atoms with E-state index in [1.807, 2.05) is 29.6 Å². The summed E-state index contributed by atoms with van der Waals surface area (Å²) in [6, 6.07) is 13.7. The van der Waals surface area contributed by atoms with Gasteiger partial charge in [0.2, 0.25) is 0 Å². The Morgan fingerprint density at radius 3 is 2.84 bits per heavy atom. The molecule has 2 aliphatic rings. The third-order valence-electron chi connectivity index (χ3n) is 5.22. The second kappa shape index (κ2) is 5.56. The van der Waals surface area contributed by atoms with Crippen molar-refractivity contribution in [3.63, 3.8) is 0 Å². The highest BCUT2D eigenvalue weighted by Crippen LogP contribution is 2.46. The fourth-order valence-electron chi connectivity index (χ4n) is 4.07. The second-order valence-electron chi connectivity index (χ2n) is 6.69. The van der Waals surface area contributed by atoms with Crippen molar-refractivity contribution in [3.8, 4) is 10.4 Å². The Morgan fingerprint density at radius 2 is 2.08 bits per heavy atom. The van der Waals surface area contributed by atoms with Gasteiger partial charge in [-0.15, -0.1) is 11.3 Å². The number of benzene rings is 1. The topological polar surface area (TPSA) is 50.5 Å². The summed E-state index contributed by atoms with van der Waals surface area (Å²) in [6.07, 6.45) is 1.66. The van der Waals surface area contributed by atoms with Crippen molar-refractivity contribution in [2.75, 3.05) is 13.1 Å². The molecule has 0 unspecified atom stereocenters. The van der Waals surface area contributed by atoms with Crippen LogP contribution in [0.15, 0.2) is 63.4 Å². The highest BCUT2D eigenvalue weighted by Gasteiger charge is 2.50. The molecule has 0 N–H and O–H groups in total. The van der Waals surface area contributed by atoms with Crippen LogP contribution in [0.5, 0.6) is 0 Å². The molecule has 0 aliphatic carbocycles. The third kappa shape index (κ3) is 2.39. The number of nitrogens with zero attached hydrogens (tertiary/aromatic N) is 1. The van der Waals surface area contributed by atoms with Crippen molar-refractivity contribution in [2.45, 2.75) is 22.6 Å². The molecule has 2 aliphatic heterocycles. The summed E-state index contributed by atoms with van der Waals surface area (Å²) in [5.74, 6) is 0.930. The van der Waals surface area contributed by atoms with Gasteiger partial charge < -0.3 is 4.42 Å². The Hall–Kier alpha value is -1.89. The Balaban J connectivity index is 1.51. The van der Waals surface area contributed by atoms with E-state index >= 15 is 0 Å². The van der Waals surface area contributed by atoms with Crippen LogP contribution in [-0.4, -0.2) is 31.7 Å². The first-order valence-corrected chi connectivity index (χ1v) is 10.7. The van der Waals surface area contributed by atoms with Crippen LogP contribution in [0.3, 0.4) is 0 Å². The predicted octanol–water partition coefficient (Wildman–Crippen LogP) is 3.76. The normalized spacial score (nSPS) is 24.3. The van der Waals surface area contributed by atoms with E-state index in [2.05, 4.69) is 17.0 Å². The van der Waals surface area contributed by atoms with E-state index in [-0.39, 0.29) is 11.2 Å². The van der Waals surface area contributed by atoms with E-state index in [4.69, 9.17) is 4.42 Å². The first-order valence-electron chi connectivity index (χ1n) is 8.29. The van der Waals surface area contributed by atoms with E-state index in [1.54, 1.807) is 23.7 Å². The number of likely N-dealkylation sites (tertiary alicyclic amines) is 1. The zero-order valence-electron chi connectivity index (χ0n) is 13.5. The summed E-state index contributed by atoms with van der Waals surface area (Å²) in [5.41, 5.74) is 2.09. The molecule has 3 aromatic rings. The Kier molecular flexibility index (Phi) is 3.42. The van der Waals surface area contributed by atoms with Crippen molar-refractivity contribution in [1.29, 1.82) is 0 Å². The third-order valence-corrected chi connectivity index (χ3v) is 8.40. The minimum atomic E-state index is -3.25. The number of fused-ring (bicyclic) bond motifs is 3. The molecule has 0 bridgehead atoms. The van der Waals surface area contributed by atoms with Gasteiger partial charge in [-0.2, -0.15) is 0 Å². The fraction of sp³-hybridized carbons (Fsp3) is 0.263. The molecule has 128 valence electrons. The van der Waals surface area contributed by atoms with Crippen molar-refractivity contribution in [2.24, 2.45) is 0 Å². The van der Waals surface area contributed by atoms with Gasteiger partial charge in [-0.3, -0.25) is 4.90 Å². The van der Waals surface area contributed by atoms with Crippen molar-refractivity contribution in [1.82, 2.24) is 4.90 Å². The lowest BCUT2D eigenvalue weighted by Gasteiger charge is -2.16. The molecule has 4 nitrogen and oxygen atoms in total. The van der Waals surface area contributed by atoms with Gasteiger partial charge in [0.15, 0.2) is 9.84 Å². The van der Waals surface area contributed by atoms with E-state index < -0.39 is 9.84 Å². The van der Waals surface area contributed by atoms with Gasteiger partial charge in [-0.05, 0) is 46.8 Å². The highest BCUT2D eigenvalue weighted by atomic mass is 32.2. The summed E-state index contributed by atoms with van der Waals surface area (Å²) in [4.78, 5) is 3.89. The van der Waals surface area contributed by atoms with Gasteiger partial charge in [0.1, 0.15) is 5.76 Å². The van der Waals surface area contributed by atoms with Crippen LogP contribution in [0.2, 0.25) is 0 Å². The molecule has 1 fully saturated rings. The molecular weight excluding hydrogens is 354 g/mol. The maximum absolute atomic E-state index is 13.0. The molecule has 5 rings (SSSR count). The molecule has 4 heterocycles. The van der Waals surface area contributed by atoms with Gasteiger partial charge in [0, 0.05) is 23.9 Å². The van der Waals surface area contributed by atoms with Crippen LogP contribution < -0.4 is 0 Å². The summed E-state index contributed by atoms with van der Waals surface area (Å²) in [7, 11) is -3.25. The Labute approximate surface area is 150 Å². The van der Waals surface area contributed by atoms with Crippen LogP contribution in [0.1, 0.15) is 17.2 Å². The van der Waals surface area contributed by atoms with E-state index in [0.29, 0.717) is 18.0 Å². The lowest BCUT2D eigenvalue weighted by molar-refractivity contribution is 0.293. The maximum atomic E-state index is 13.0. The van der Waals surface area contributed by atoms with Crippen molar-refractivity contribution < 1.29 is 12.8 Å². The molecule has 0 spiro atoms. The van der Waals surface area contributed by atoms with Gasteiger partial charge >= 0.3 is 0 Å². The van der Waals surface area contributed by atoms with E-state index in [1.165, 1.54) is 4.88 Å². The average molecular weight is 371 g/mol. The maximum Gasteiger partial charge on any atom is 0.183 e. The van der Waals surface area contributed by atoms with Gasteiger partial charge in [0.25, 0.3) is 0 Å².